The van der Waals surface area contributed by atoms with E-state index in [1.807, 2.05) is 45.8 Å². The third-order valence-electron chi connectivity index (χ3n) is 10.8. The standard InChI is InChI=1S/C38H42N6O7S2/c45-29-9-7-26(35-34(29)40-33(47)23-50-35)30(46)22-39-21-24-6-8-28-27(18-24)41-42-44(28)13-3-12-43-14-10-37(11-15-43)19-25(20-37)51-36(48)38(49,31-4-1-16-52-31)32-5-2-17-53-32/h1-2,4-9,16-18,25,30,39,45-46,49H,3,10-15,19-23H2,(H,40,47). The number of aliphatic hydroxyl groups is 2. The van der Waals surface area contributed by atoms with Crippen LogP contribution in [0.1, 0.15) is 59.1 Å². The molecule has 278 valence electrons. The first-order valence-corrected chi connectivity index (χ1v) is 19.7. The summed E-state index contributed by atoms with van der Waals surface area (Å²) in [5.74, 6) is -0.769. The molecular weight excluding hydrogens is 717 g/mol. The molecule has 0 radical (unpaired) electrons. The minimum atomic E-state index is -1.76. The number of carbonyl (C=O) groups excluding carboxylic acids is 2. The van der Waals surface area contributed by atoms with E-state index in [9.17, 15) is 24.9 Å². The van der Waals surface area contributed by atoms with Crippen LogP contribution in [0.15, 0.2) is 65.4 Å². The number of fused-ring (bicyclic) bond motifs is 2. The Bertz CT molecular complexity index is 2040. The van der Waals surface area contributed by atoms with Crippen LogP contribution in [0.5, 0.6) is 11.5 Å². The van der Waals surface area contributed by atoms with Gasteiger partial charge >= 0.3 is 5.97 Å². The van der Waals surface area contributed by atoms with Crippen LogP contribution in [0.4, 0.5) is 5.69 Å². The zero-order valence-corrected chi connectivity index (χ0v) is 30.7. The number of nitrogens with one attached hydrogen (secondary N) is 2. The highest BCUT2D eigenvalue weighted by Crippen LogP contribution is 2.51. The first-order valence-electron chi connectivity index (χ1n) is 17.9. The smallest absolute Gasteiger partial charge is 0.349 e. The summed E-state index contributed by atoms with van der Waals surface area (Å²) in [6, 6.07) is 16.3. The van der Waals surface area contributed by atoms with Gasteiger partial charge in [0.1, 0.15) is 23.1 Å². The molecule has 53 heavy (non-hydrogen) atoms. The van der Waals surface area contributed by atoms with Crippen molar-refractivity contribution in [2.45, 2.75) is 63.0 Å². The van der Waals surface area contributed by atoms with E-state index < -0.39 is 17.7 Å². The second-order valence-electron chi connectivity index (χ2n) is 14.3. The highest BCUT2D eigenvalue weighted by molar-refractivity contribution is 7.12. The molecule has 3 aliphatic rings. The Morgan fingerprint density at radius 2 is 1.85 bits per heavy atom. The first-order chi connectivity index (χ1) is 25.7. The van der Waals surface area contributed by atoms with Gasteiger partial charge in [0.25, 0.3) is 5.91 Å². The second kappa shape index (κ2) is 14.8. The summed E-state index contributed by atoms with van der Waals surface area (Å²) >= 11 is 2.72. The Morgan fingerprint density at radius 1 is 1.09 bits per heavy atom. The number of aryl methyl sites for hydroxylation is 1. The topological polar surface area (TPSA) is 171 Å². The van der Waals surface area contributed by atoms with E-state index in [0.29, 0.717) is 21.9 Å². The van der Waals surface area contributed by atoms with Gasteiger partial charge in [0, 0.05) is 25.2 Å². The Balaban J connectivity index is 0.770. The van der Waals surface area contributed by atoms with Crippen molar-refractivity contribution >= 4 is 51.3 Å². The monoisotopic (exact) mass is 758 g/mol. The molecule has 5 heterocycles. The van der Waals surface area contributed by atoms with Crippen LogP contribution in [0.2, 0.25) is 0 Å². The molecule has 2 fully saturated rings. The predicted molar refractivity (Wildman–Crippen MR) is 200 cm³/mol. The van der Waals surface area contributed by atoms with Crippen molar-refractivity contribution in [3.05, 3.63) is 86.2 Å². The van der Waals surface area contributed by atoms with Crippen molar-refractivity contribution in [3.63, 3.8) is 0 Å². The van der Waals surface area contributed by atoms with Crippen molar-refractivity contribution in [2.24, 2.45) is 5.41 Å². The van der Waals surface area contributed by atoms with Gasteiger partial charge in [-0.05, 0) is 110 Å². The van der Waals surface area contributed by atoms with Crippen LogP contribution in [-0.2, 0) is 33.0 Å². The number of phenols is 1. The molecule has 1 saturated carbocycles. The molecule has 2 aromatic carbocycles. The van der Waals surface area contributed by atoms with Crippen molar-refractivity contribution in [1.82, 2.24) is 25.2 Å². The summed E-state index contributed by atoms with van der Waals surface area (Å²) in [6.45, 7) is 4.32. The molecule has 5 aromatic rings. The number of esters is 1. The molecule has 3 aromatic heterocycles. The number of nitrogens with zero attached hydrogens (tertiary/aromatic N) is 4. The van der Waals surface area contributed by atoms with Crippen LogP contribution in [0.25, 0.3) is 11.0 Å². The zero-order valence-electron chi connectivity index (χ0n) is 29.1. The molecule has 8 rings (SSSR count). The van der Waals surface area contributed by atoms with E-state index in [1.165, 1.54) is 28.7 Å². The summed E-state index contributed by atoms with van der Waals surface area (Å²) in [5, 5.41) is 50.9. The number of rotatable bonds is 13. The van der Waals surface area contributed by atoms with E-state index in [0.717, 1.165) is 74.9 Å². The predicted octanol–water partition coefficient (Wildman–Crippen LogP) is 4.53. The van der Waals surface area contributed by atoms with Crippen LogP contribution in [-0.4, -0.2) is 86.0 Å². The number of hydrogen-bond acceptors (Lipinski definition) is 13. The summed E-state index contributed by atoms with van der Waals surface area (Å²) in [7, 11) is 0. The van der Waals surface area contributed by atoms with Gasteiger partial charge in [0.2, 0.25) is 5.60 Å². The third kappa shape index (κ3) is 7.16. The first kappa shape index (κ1) is 35.6. The maximum absolute atomic E-state index is 13.4. The molecule has 1 aliphatic carbocycles. The molecule has 15 heteroatoms. The lowest BCUT2D eigenvalue weighted by Crippen LogP contribution is -2.52. The van der Waals surface area contributed by atoms with Gasteiger partial charge in [-0.15, -0.1) is 27.8 Å². The van der Waals surface area contributed by atoms with E-state index in [1.54, 1.807) is 18.2 Å². The number of piperidine rings is 1. The number of aromatic hydroxyl groups is 1. The molecular formula is C38H42N6O7S2. The number of aromatic nitrogens is 3. The third-order valence-corrected chi connectivity index (χ3v) is 12.7. The summed E-state index contributed by atoms with van der Waals surface area (Å²) < 4.78 is 13.4. The maximum Gasteiger partial charge on any atom is 0.349 e. The van der Waals surface area contributed by atoms with Crippen LogP contribution in [0, 0.1) is 5.41 Å². The number of aliphatic hydroxyl groups excluding tert-OH is 1. The highest BCUT2D eigenvalue weighted by Gasteiger charge is 2.51. The number of carbonyl (C=O) groups is 2. The van der Waals surface area contributed by atoms with Crippen LogP contribution in [0.3, 0.4) is 0 Å². The van der Waals surface area contributed by atoms with E-state index >= 15 is 0 Å². The van der Waals surface area contributed by atoms with Crippen molar-refractivity contribution < 1.29 is 34.4 Å². The summed E-state index contributed by atoms with van der Waals surface area (Å²) in [4.78, 5) is 28.7. The van der Waals surface area contributed by atoms with E-state index in [2.05, 4.69) is 25.8 Å². The fourth-order valence-corrected chi connectivity index (χ4v) is 9.53. The Kier molecular flexibility index (Phi) is 9.95. The largest absolute Gasteiger partial charge is 0.506 e. The zero-order chi connectivity index (χ0) is 36.6. The van der Waals surface area contributed by atoms with Crippen molar-refractivity contribution in [3.8, 4) is 11.5 Å². The fraction of sp³-hybridized carbons (Fsp3) is 0.421. The molecule has 5 N–H and O–H groups in total. The Labute approximate surface area is 314 Å². The number of anilines is 1. The van der Waals surface area contributed by atoms with Gasteiger partial charge in [-0.2, -0.15) is 0 Å². The molecule has 1 unspecified atom stereocenters. The number of ether oxygens (including phenoxy) is 2. The minimum Gasteiger partial charge on any atom is -0.506 e. The molecule has 1 amide bonds. The van der Waals surface area contributed by atoms with Gasteiger partial charge in [0.15, 0.2) is 12.4 Å². The van der Waals surface area contributed by atoms with Gasteiger partial charge in [-0.1, -0.05) is 23.4 Å². The van der Waals surface area contributed by atoms with Crippen molar-refractivity contribution in [1.29, 1.82) is 0 Å². The molecule has 0 bridgehead atoms. The summed E-state index contributed by atoms with van der Waals surface area (Å²) in [5.41, 5.74) is 1.89. The number of benzene rings is 2. The molecule has 1 spiro atoms. The van der Waals surface area contributed by atoms with Crippen LogP contribution >= 0.6 is 22.7 Å². The number of hydrogen-bond donors (Lipinski definition) is 5. The number of amides is 1. The SMILES string of the molecule is O=C1COc2c(C(O)CNCc3ccc4c(c3)nnn4CCCN3CCC4(CC3)CC(OC(=O)C(O)(c3cccs3)c3cccs3)C4)ccc(O)c2N1. The summed E-state index contributed by atoms with van der Waals surface area (Å²) in [6.07, 6.45) is 3.71. The van der Waals surface area contributed by atoms with Crippen molar-refractivity contribution in [2.75, 3.05) is 38.1 Å². The molecule has 2 aliphatic heterocycles. The van der Waals surface area contributed by atoms with E-state index in [-0.39, 0.29) is 47.8 Å². The lowest BCUT2D eigenvalue weighted by Gasteiger charge is -2.51. The van der Waals surface area contributed by atoms with E-state index in [4.69, 9.17) is 9.47 Å². The van der Waals surface area contributed by atoms with Gasteiger partial charge < -0.3 is 40.3 Å². The Hall–Kier alpha value is -4.38. The number of thiophene rings is 2. The minimum absolute atomic E-state index is 0.112. The molecule has 1 saturated heterocycles. The maximum atomic E-state index is 13.4. The van der Waals surface area contributed by atoms with Gasteiger partial charge in [0.05, 0.1) is 21.4 Å². The average molecular weight is 759 g/mol. The quantitative estimate of drug-likeness (QED) is 0.0845. The molecule has 13 nitrogen and oxygen atoms in total. The average Bonchev–Trinajstić information content (AvgIpc) is 3.96. The fourth-order valence-electron chi connectivity index (χ4n) is 7.82. The van der Waals surface area contributed by atoms with Gasteiger partial charge in [-0.25, -0.2) is 9.48 Å². The number of likely N-dealkylation sites (tertiary alicyclic amines) is 1. The highest BCUT2D eigenvalue weighted by atomic mass is 32.1. The number of phenolic OH excluding ortho intramolecular Hbond substituents is 1. The second-order valence-corrected chi connectivity index (χ2v) is 16.2. The normalized spacial score (nSPS) is 18.0. The van der Waals surface area contributed by atoms with Gasteiger partial charge in [-0.3, -0.25) is 4.79 Å². The Morgan fingerprint density at radius 3 is 2.57 bits per heavy atom. The van der Waals surface area contributed by atoms with Crippen LogP contribution < -0.4 is 15.4 Å². The lowest BCUT2D eigenvalue weighted by atomic mass is 9.61. The lowest BCUT2D eigenvalue weighted by molar-refractivity contribution is -0.181. The molecule has 1 atom stereocenters.